The molecule has 1 fully saturated rings. The normalized spacial score (nSPS) is 18.4. The Kier molecular flexibility index (Phi) is 5.37. The maximum Gasteiger partial charge on any atom is 0.317 e. The summed E-state index contributed by atoms with van der Waals surface area (Å²) in [5, 5.41) is 10.2. The van der Waals surface area contributed by atoms with Gasteiger partial charge in [-0.1, -0.05) is 53.6 Å². The SMILES string of the molecule is O=C(O)CN1CCC2(CC1)COc1cc(/C=C/c3c(Cl)cccc3Cl)ccc12. The molecule has 2 aliphatic heterocycles. The second-order valence-corrected chi connectivity index (χ2v) is 8.28. The first-order valence-corrected chi connectivity index (χ1v) is 10.1. The van der Waals surface area contributed by atoms with E-state index >= 15 is 0 Å². The molecule has 1 N–H and O–H groups in total. The van der Waals surface area contributed by atoms with Crippen LogP contribution in [-0.2, 0) is 10.2 Å². The Balaban J connectivity index is 1.52. The summed E-state index contributed by atoms with van der Waals surface area (Å²) >= 11 is 12.5. The van der Waals surface area contributed by atoms with Crippen LogP contribution in [0.5, 0.6) is 5.75 Å². The number of carbonyl (C=O) groups is 1. The van der Waals surface area contributed by atoms with Crippen LogP contribution in [0, 0.1) is 0 Å². The number of hydrogen-bond donors (Lipinski definition) is 1. The number of hydrogen-bond acceptors (Lipinski definition) is 3. The molecule has 146 valence electrons. The van der Waals surface area contributed by atoms with Gasteiger partial charge in [-0.05, 0) is 49.7 Å². The Morgan fingerprint density at radius 2 is 1.86 bits per heavy atom. The number of carboxylic acids is 1. The fourth-order valence-corrected chi connectivity index (χ4v) is 4.61. The van der Waals surface area contributed by atoms with Crippen LogP contribution in [0.15, 0.2) is 36.4 Å². The van der Waals surface area contributed by atoms with Crippen molar-refractivity contribution in [3.05, 3.63) is 63.1 Å². The number of carboxylic acid groups (broad SMARTS) is 1. The molecule has 2 aromatic carbocycles. The minimum Gasteiger partial charge on any atom is -0.492 e. The summed E-state index contributed by atoms with van der Waals surface area (Å²) in [6.07, 6.45) is 5.73. The Bertz CT molecular complexity index is 913. The molecule has 0 bridgehead atoms. The van der Waals surface area contributed by atoms with Gasteiger partial charge in [-0.25, -0.2) is 0 Å². The third kappa shape index (κ3) is 3.77. The average Bonchev–Trinajstić information content (AvgIpc) is 3.01. The van der Waals surface area contributed by atoms with Crippen molar-refractivity contribution in [3.8, 4) is 5.75 Å². The number of nitrogens with zero attached hydrogens (tertiary/aromatic N) is 1. The summed E-state index contributed by atoms with van der Waals surface area (Å²) < 4.78 is 6.03. The summed E-state index contributed by atoms with van der Waals surface area (Å²) in [5.41, 5.74) is 3.05. The van der Waals surface area contributed by atoms with E-state index in [0.717, 1.165) is 42.8 Å². The summed E-state index contributed by atoms with van der Waals surface area (Å²) in [6.45, 7) is 2.33. The van der Waals surface area contributed by atoms with Crippen molar-refractivity contribution in [1.82, 2.24) is 4.90 Å². The molecule has 0 saturated carbocycles. The highest BCUT2D eigenvalue weighted by atomic mass is 35.5. The van der Waals surface area contributed by atoms with Crippen LogP contribution in [0.25, 0.3) is 12.2 Å². The molecule has 2 aromatic rings. The fraction of sp³-hybridized carbons (Fsp3) is 0.318. The highest BCUT2D eigenvalue weighted by Gasteiger charge is 2.43. The summed E-state index contributed by atoms with van der Waals surface area (Å²) in [6, 6.07) is 11.7. The van der Waals surface area contributed by atoms with Crippen LogP contribution in [0.3, 0.4) is 0 Å². The zero-order valence-electron chi connectivity index (χ0n) is 15.3. The molecule has 0 aliphatic carbocycles. The fourth-order valence-electron chi connectivity index (χ4n) is 4.09. The van der Waals surface area contributed by atoms with Gasteiger partial charge < -0.3 is 9.84 Å². The second kappa shape index (κ2) is 7.78. The van der Waals surface area contributed by atoms with E-state index in [9.17, 15) is 4.79 Å². The van der Waals surface area contributed by atoms with Crippen LogP contribution in [0.2, 0.25) is 10.0 Å². The molecule has 0 unspecified atom stereocenters. The van der Waals surface area contributed by atoms with Gasteiger partial charge in [-0.15, -0.1) is 0 Å². The number of likely N-dealkylation sites (tertiary alicyclic amines) is 1. The van der Waals surface area contributed by atoms with Crippen LogP contribution < -0.4 is 4.74 Å². The van der Waals surface area contributed by atoms with Gasteiger partial charge in [0.1, 0.15) is 5.75 Å². The van der Waals surface area contributed by atoms with Crippen molar-refractivity contribution in [2.75, 3.05) is 26.2 Å². The summed E-state index contributed by atoms with van der Waals surface area (Å²) in [5.74, 6) is 0.146. The minimum absolute atomic E-state index is 0.00136. The van der Waals surface area contributed by atoms with Crippen molar-refractivity contribution in [1.29, 1.82) is 0 Å². The smallest absolute Gasteiger partial charge is 0.317 e. The van der Waals surface area contributed by atoms with Gasteiger partial charge in [-0.2, -0.15) is 0 Å². The van der Waals surface area contributed by atoms with Crippen molar-refractivity contribution >= 4 is 41.3 Å². The van der Waals surface area contributed by atoms with E-state index in [4.69, 9.17) is 33.0 Å². The highest BCUT2D eigenvalue weighted by molar-refractivity contribution is 6.37. The molecule has 4 nitrogen and oxygen atoms in total. The van der Waals surface area contributed by atoms with Crippen LogP contribution in [0.4, 0.5) is 0 Å². The van der Waals surface area contributed by atoms with E-state index in [1.807, 2.05) is 35.3 Å². The predicted octanol–water partition coefficient (Wildman–Crippen LogP) is 4.97. The molecule has 0 atom stereocenters. The number of ether oxygens (including phenoxy) is 1. The third-order valence-electron chi connectivity index (χ3n) is 5.70. The molecule has 1 spiro atoms. The number of halogens is 2. The Morgan fingerprint density at radius 1 is 1.14 bits per heavy atom. The number of fused-ring (bicyclic) bond motifs is 2. The number of benzene rings is 2. The molecule has 6 heteroatoms. The van der Waals surface area contributed by atoms with Crippen LogP contribution in [0.1, 0.15) is 29.5 Å². The Hall–Kier alpha value is -2.01. The molecular weight excluding hydrogens is 397 g/mol. The van der Waals surface area contributed by atoms with Gasteiger partial charge in [0.25, 0.3) is 0 Å². The third-order valence-corrected chi connectivity index (χ3v) is 6.35. The minimum atomic E-state index is -0.769. The highest BCUT2D eigenvalue weighted by Crippen LogP contribution is 2.46. The molecule has 28 heavy (non-hydrogen) atoms. The molecule has 0 radical (unpaired) electrons. The zero-order valence-corrected chi connectivity index (χ0v) is 16.8. The average molecular weight is 418 g/mol. The van der Waals surface area contributed by atoms with E-state index in [0.29, 0.717) is 16.7 Å². The maximum absolute atomic E-state index is 10.9. The molecule has 0 amide bonds. The standard InChI is InChI=1S/C22H21Cl2NO3/c23-18-2-1-3-19(24)16(18)6-4-15-5-7-17-20(12-15)28-14-22(17)8-10-25(11-9-22)13-21(26)27/h1-7,12H,8-11,13-14H2,(H,26,27)/b6-4+. The van der Waals surface area contributed by atoms with E-state index in [1.165, 1.54) is 5.56 Å². The van der Waals surface area contributed by atoms with E-state index in [-0.39, 0.29) is 12.0 Å². The Labute approximate surface area is 174 Å². The first-order valence-electron chi connectivity index (χ1n) is 9.30. The van der Waals surface area contributed by atoms with Crippen LogP contribution >= 0.6 is 23.2 Å². The van der Waals surface area contributed by atoms with E-state index in [1.54, 1.807) is 0 Å². The molecule has 4 rings (SSSR count). The lowest BCUT2D eigenvalue weighted by Crippen LogP contribution is -2.45. The first-order chi connectivity index (χ1) is 13.5. The van der Waals surface area contributed by atoms with Crippen LogP contribution in [-0.4, -0.2) is 42.2 Å². The topological polar surface area (TPSA) is 49.8 Å². The van der Waals surface area contributed by atoms with Crippen molar-refractivity contribution in [2.24, 2.45) is 0 Å². The summed E-state index contributed by atoms with van der Waals surface area (Å²) in [4.78, 5) is 12.9. The largest absolute Gasteiger partial charge is 0.492 e. The Morgan fingerprint density at radius 3 is 2.54 bits per heavy atom. The lowest BCUT2D eigenvalue weighted by molar-refractivity contribution is -0.138. The molecular formula is C22H21Cl2NO3. The van der Waals surface area contributed by atoms with Crippen molar-refractivity contribution in [3.63, 3.8) is 0 Å². The summed E-state index contributed by atoms with van der Waals surface area (Å²) in [7, 11) is 0. The molecule has 1 saturated heterocycles. The lowest BCUT2D eigenvalue weighted by Gasteiger charge is -2.37. The van der Waals surface area contributed by atoms with Gasteiger partial charge in [0.15, 0.2) is 0 Å². The van der Waals surface area contributed by atoms with Gasteiger partial charge in [-0.3, -0.25) is 9.69 Å². The molecule has 2 heterocycles. The molecule has 2 aliphatic rings. The monoisotopic (exact) mass is 417 g/mol. The quantitative estimate of drug-likeness (QED) is 0.712. The predicted molar refractivity (Wildman–Crippen MR) is 112 cm³/mol. The van der Waals surface area contributed by atoms with Gasteiger partial charge in [0, 0.05) is 26.6 Å². The van der Waals surface area contributed by atoms with E-state index < -0.39 is 5.97 Å². The zero-order chi connectivity index (χ0) is 19.7. The van der Waals surface area contributed by atoms with Gasteiger partial charge >= 0.3 is 5.97 Å². The van der Waals surface area contributed by atoms with Gasteiger partial charge in [0.05, 0.1) is 13.2 Å². The van der Waals surface area contributed by atoms with Gasteiger partial charge in [0.2, 0.25) is 0 Å². The number of rotatable bonds is 4. The lowest BCUT2D eigenvalue weighted by atomic mass is 9.74. The van der Waals surface area contributed by atoms with Crippen molar-refractivity contribution in [2.45, 2.75) is 18.3 Å². The molecule has 0 aromatic heterocycles. The van der Waals surface area contributed by atoms with Crippen molar-refractivity contribution < 1.29 is 14.6 Å². The second-order valence-electron chi connectivity index (χ2n) is 7.46. The number of aliphatic carboxylic acids is 1. The maximum atomic E-state index is 10.9. The van der Waals surface area contributed by atoms with E-state index in [2.05, 4.69) is 18.2 Å². The first kappa shape index (κ1) is 19.3. The number of piperidine rings is 1.